The van der Waals surface area contributed by atoms with Crippen LogP contribution in [0.5, 0.6) is 5.75 Å². The number of aromatic nitrogens is 2. The van der Waals surface area contributed by atoms with E-state index in [2.05, 4.69) is 20.6 Å². The Morgan fingerprint density at radius 3 is 2.52 bits per heavy atom. The zero-order valence-electron chi connectivity index (χ0n) is 12.6. The van der Waals surface area contributed by atoms with Crippen LogP contribution in [0.15, 0.2) is 18.2 Å². The van der Waals surface area contributed by atoms with Gasteiger partial charge in [0.15, 0.2) is 11.6 Å². The van der Waals surface area contributed by atoms with Gasteiger partial charge < -0.3 is 15.4 Å². The molecular weight excluding hydrogens is 271 g/mol. The Morgan fingerprint density at radius 2 is 1.90 bits per heavy atom. The van der Waals surface area contributed by atoms with Gasteiger partial charge in [0, 0.05) is 24.4 Å². The lowest BCUT2D eigenvalue weighted by Gasteiger charge is -2.13. The lowest BCUT2D eigenvalue weighted by molar-refractivity contribution is 0.321. The molecule has 6 heteroatoms. The maximum absolute atomic E-state index is 13.9. The number of rotatable bonds is 5. The van der Waals surface area contributed by atoms with Crippen LogP contribution in [0.4, 0.5) is 21.7 Å². The third kappa shape index (κ3) is 3.39. The van der Waals surface area contributed by atoms with Crippen LogP contribution >= 0.6 is 0 Å². The summed E-state index contributed by atoms with van der Waals surface area (Å²) >= 11 is 0. The van der Waals surface area contributed by atoms with E-state index in [1.54, 1.807) is 19.2 Å². The molecule has 5 nitrogen and oxygen atoms in total. The molecule has 0 saturated carbocycles. The van der Waals surface area contributed by atoms with Gasteiger partial charge in [-0.2, -0.15) is 0 Å². The Bertz CT molecular complexity index is 646. The molecule has 0 unspecified atom stereocenters. The quantitative estimate of drug-likeness (QED) is 0.883. The number of nitrogens with one attached hydrogen (secondary N) is 2. The second-order valence-corrected chi connectivity index (χ2v) is 4.55. The van der Waals surface area contributed by atoms with Crippen molar-refractivity contribution in [1.82, 2.24) is 9.97 Å². The van der Waals surface area contributed by atoms with Crippen LogP contribution in [0.2, 0.25) is 0 Å². The summed E-state index contributed by atoms with van der Waals surface area (Å²) in [6.45, 7) is 5.96. The predicted octanol–water partition coefficient (Wildman–Crippen LogP) is 3.42. The minimum absolute atomic E-state index is 0.245. The number of hydrogen-bond donors (Lipinski definition) is 2. The van der Waals surface area contributed by atoms with Gasteiger partial charge >= 0.3 is 0 Å². The van der Waals surface area contributed by atoms with Gasteiger partial charge in [0.05, 0.1) is 6.61 Å². The first-order valence-corrected chi connectivity index (χ1v) is 6.77. The highest BCUT2D eigenvalue weighted by molar-refractivity contribution is 5.65. The fourth-order valence-corrected chi connectivity index (χ4v) is 1.98. The van der Waals surface area contributed by atoms with Crippen molar-refractivity contribution in [2.75, 3.05) is 24.3 Å². The molecule has 2 aromatic rings. The number of benzene rings is 1. The van der Waals surface area contributed by atoms with E-state index in [1.807, 2.05) is 20.8 Å². The highest BCUT2D eigenvalue weighted by Crippen LogP contribution is 2.26. The summed E-state index contributed by atoms with van der Waals surface area (Å²) in [7, 11) is 1.80. The summed E-state index contributed by atoms with van der Waals surface area (Å²) in [5.41, 5.74) is 1.48. The van der Waals surface area contributed by atoms with Crippen LogP contribution in [-0.4, -0.2) is 23.6 Å². The summed E-state index contributed by atoms with van der Waals surface area (Å²) in [4.78, 5) is 8.64. The summed E-state index contributed by atoms with van der Waals surface area (Å²) < 4.78 is 19.0. The van der Waals surface area contributed by atoms with E-state index in [1.165, 1.54) is 6.07 Å². The second kappa shape index (κ2) is 6.39. The summed E-state index contributed by atoms with van der Waals surface area (Å²) in [5.74, 6) is 1.87. The average molecular weight is 290 g/mol. The second-order valence-electron chi connectivity index (χ2n) is 4.55. The van der Waals surface area contributed by atoms with Crippen LogP contribution in [0, 0.1) is 19.7 Å². The Balaban J connectivity index is 2.30. The van der Waals surface area contributed by atoms with Gasteiger partial charge in [-0.3, -0.25) is 0 Å². The van der Waals surface area contributed by atoms with Crippen molar-refractivity contribution in [3.63, 3.8) is 0 Å². The summed E-state index contributed by atoms with van der Waals surface area (Å²) in [5, 5.41) is 6.13. The lowest BCUT2D eigenvalue weighted by atomic mass is 10.2. The van der Waals surface area contributed by atoms with E-state index in [9.17, 15) is 4.39 Å². The van der Waals surface area contributed by atoms with Crippen molar-refractivity contribution in [2.45, 2.75) is 20.8 Å². The summed E-state index contributed by atoms with van der Waals surface area (Å²) in [6.07, 6.45) is 0. The Morgan fingerprint density at radius 1 is 1.19 bits per heavy atom. The van der Waals surface area contributed by atoms with Gasteiger partial charge in [0.2, 0.25) is 0 Å². The smallest absolute Gasteiger partial charge is 0.167 e. The molecule has 0 aliphatic rings. The van der Waals surface area contributed by atoms with Crippen LogP contribution in [0.1, 0.15) is 18.3 Å². The average Bonchev–Trinajstić information content (AvgIpc) is 2.45. The highest BCUT2D eigenvalue weighted by Gasteiger charge is 2.10. The van der Waals surface area contributed by atoms with Gasteiger partial charge in [-0.15, -0.1) is 0 Å². The number of anilines is 3. The standard InChI is InChI=1S/C15H19FN4O/c1-5-21-13-7-6-11(8-12(13)16)20-15-9(2)14(17-4)18-10(3)19-15/h6-8H,5H2,1-4H3,(H2,17,18,19,20). The van der Waals surface area contributed by atoms with E-state index < -0.39 is 5.82 Å². The first kappa shape index (κ1) is 15.0. The van der Waals surface area contributed by atoms with Crippen LogP contribution in [0.3, 0.4) is 0 Å². The van der Waals surface area contributed by atoms with E-state index >= 15 is 0 Å². The molecule has 1 aromatic carbocycles. The van der Waals surface area contributed by atoms with Crippen molar-refractivity contribution < 1.29 is 9.13 Å². The zero-order valence-corrected chi connectivity index (χ0v) is 12.6. The first-order valence-electron chi connectivity index (χ1n) is 6.77. The third-order valence-electron chi connectivity index (χ3n) is 2.99. The van der Waals surface area contributed by atoms with Crippen molar-refractivity contribution in [3.05, 3.63) is 35.4 Å². The van der Waals surface area contributed by atoms with Gasteiger partial charge in [0.25, 0.3) is 0 Å². The molecule has 0 saturated heterocycles. The molecule has 1 aromatic heterocycles. The predicted molar refractivity (Wildman–Crippen MR) is 81.9 cm³/mol. The molecule has 0 fully saturated rings. The lowest BCUT2D eigenvalue weighted by Crippen LogP contribution is -2.05. The number of nitrogens with zero attached hydrogens (tertiary/aromatic N) is 2. The van der Waals surface area contributed by atoms with Gasteiger partial charge in [-0.05, 0) is 32.9 Å². The zero-order chi connectivity index (χ0) is 15.4. The largest absolute Gasteiger partial charge is 0.491 e. The molecule has 2 N–H and O–H groups in total. The molecule has 0 atom stereocenters. The molecule has 2 rings (SSSR count). The Kier molecular flexibility index (Phi) is 4.57. The van der Waals surface area contributed by atoms with E-state index in [0.29, 0.717) is 23.9 Å². The fourth-order valence-electron chi connectivity index (χ4n) is 1.98. The van der Waals surface area contributed by atoms with Gasteiger partial charge in [0.1, 0.15) is 17.5 Å². The van der Waals surface area contributed by atoms with E-state index in [-0.39, 0.29) is 5.75 Å². The molecule has 21 heavy (non-hydrogen) atoms. The van der Waals surface area contributed by atoms with Crippen molar-refractivity contribution in [1.29, 1.82) is 0 Å². The van der Waals surface area contributed by atoms with E-state index in [4.69, 9.17) is 4.74 Å². The number of aryl methyl sites for hydroxylation is 1. The normalized spacial score (nSPS) is 10.3. The van der Waals surface area contributed by atoms with Gasteiger partial charge in [-0.1, -0.05) is 0 Å². The van der Waals surface area contributed by atoms with Gasteiger partial charge in [-0.25, -0.2) is 14.4 Å². The number of hydrogen-bond acceptors (Lipinski definition) is 5. The minimum Gasteiger partial charge on any atom is -0.491 e. The molecule has 112 valence electrons. The first-order chi connectivity index (χ1) is 10.0. The topological polar surface area (TPSA) is 59.1 Å². The van der Waals surface area contributed by atoms with Crippen molar-refractivity contribution >= 4 is 17.3 Å². The fraction of sp³-hybridized carbons (Fsp3) is 0.333. The minimum atomic E-state index is -0.404. The van der Waals surface area contributed by atoms with Crippen molar-refractivity contribution in [3.8, 4) is 5.75 Å². The van der Waals surface area contributed by atoms with Crippen LogP contribution < -0.4 is 15.4 Å². The molecule has 0 radical (unpaired) electrons. The number of ether oxygens (including phenoxy) is 1. The van der Waals surface area contributed by atoms with Crippen LogP contribution in [0.25, 0.3) is 0 Å². The number of halogens is 1. The SMILES string of the molecule is CCOc1ccc(Nc2nc(C)nc(NC)c2C)cc1F. The van der Waals surface area contributed by atoms with Crippen LogP contribution in [-0.2, 0) is 0 Å². The molecule has 0 aliphatic carbocycles. The molecule has 0 aliphatic heterocycles. The maximum atomic E-state index is 13.9. The third-order valence-corrected chi connectivity index (χ3v) is 2.99. The Hall–Kier alpha value is -2.37. The van der Waals surface area contributed by atoms with Crippen molar-refractivity contribution in [2.24, 2.45) is 0 Å². The Labute approximate surface area is 123 Å². The summed E-state index contributed by atoms with van der Waals surface area (Å²) in [6, 6.07) is 4.74. The van der Waals surface area contributed by atoms with E-state index in [0.717, 1.165) is 11.4 Å². The monoisotopic (exact) mass is 290 g/mol. The maximum Gasteiger partial charge on any atom is 0.167 e. The molecular formula is C15H19FN4O. The molecule has 0 bridgehead atoms. The molecule has 0 amide bonds. The highest BCUT2D eigenvalue weighted by atomic mass is 19.1. The molecule has 1 heterocycles. The molecule has 0 spiro atoms.